The Kier molecular flexibility index (Phi) is 6.04. The third-order valence-electron chi connectivity index (χ3n) is 5.11. The highest BCUT2D eigenvalue weighted by Crippen LogP contribution is 2.20. The van der Waals surface area contributed by atoms with Gasteiger partial charge in [-0.2, -0.15) is 0 Å². The summed E-state index contributed by atoms with van der Waals surface area (Å²) in [6.07, 6.45) is 0. The third-order valence-corrected chi connectivity index (χ3v) is 5.11. The molecule has 1 aliphatic heterocycles. The Morgan fingerprint density at radius 1 is 0.962 bits per heavy atom. The van der Waals surface area contributed by atoms with Crippen molar-refractivity contribution in [2.75, 3.05) is 13.1 Å². The molecule has 5 heteroatoms. The molecular formula is C21H27N3O2. The van der Waals surface area contributed by atoms with Crippen molar-refractivity contribution in [3.05, 3.63) is 71.3 Å². The Morgan fingerprint density at radius 2 is 1.54 bits per heavy atom. The fraction of sp³-hybridized carbons (Fsp3) is 0.381. The lowest BCUT2D eigenvalue weighted by Gasteiger charge is -2.44. The molecule has 1 aliphatic rings. The summed E-state index contributed by atoms with van der Waals surface area (Å²) >= 11 is 0. The molecule has 138 valence electrons. The van der Waals surface area contributed by atoms with Crippen LogP contribution in [-0.4, -0.2) is 46.1 Å². The molecular weight excluding hydrogens is 326 g/mol. The third kappa shape index (κ3) is 4.49. The average molecular weight is 353 g/mol. The molecule has 1 saturated heterocycles. The Hall–Kier alpha value is -2.21. The molecule has 2 N–H and O–H groups in total. The van der Waals surface area contributed by atoms with Gasteiger partial charge in [-0.1, -0.05) is 42.5 Å². The number of hydrogen-bond donors (Lipinski definition) is 2. The first-order chi connectivity index (χ1) is 12.6. The maximum atomic E-state index is 11.4. The zero-order valence-electron chi connectivity index (χ0n) is 15.4. The monoisotopic (exact) mass is 353 g/mol. The predicted octanol–water partition coefficient (Wildman–Crippen LogP) is 2.90. The molecule has 0 aromatic heterocycles. The van der Waals surface area contributed by atoms with Gasteiger partial charge in [-0.25, -0.2) is 5.48 Å². The van der Waals surface area contributed by atoms with Crippen LogP contribution in [0.1, 0.15) is 35.3 Å². The van der Waals surface area contributed by atoms with E-state index in [1.54, 1.807) is 17.6 Å². The summed E-state index contributed by atoms with van der Waals surface area (Å²) in [6, 6.07) is 19.0. The summed E-state index contributed by atoms with van der Waals surface area (Å²) in [6.45, 7) is 8.49. The number of rotatable bonds is 5. The van der Waals surface area contributed by atoms with Crippen molar-refractivity contribution in [1.29, 1.82) is 0 Å². The second-order valence-electron chi connectivity index (χ2n) is 7.19. The summed E-state index contributed by atoms with van der Waals surface area (Å²) in [4.78, 5) is 16.4. The topological polar surface area (TPSA) is 55.8 Å². The van der Waals surface area contributed by atoms with E-state index in [1.165, 1.54) is 11.1 Å². The molecule has 0 saturated carbocycles. The number of hydroxylamine groups is 1. The fourth-order valence-electron chi connectivity index (χ4n) is 3.79. The standard InChI is InChI=1S/C21H27N3O2/c1-16-12-23(14-19-8-10-20(11-9-19)21(25)22-26)13-17(2)24(16)15-18-6-4-3-5-7-18/h3-11,16-17,26H,12-15H2,1-2H3,(H,22,25). The first-order valence-corrected chi connectivity index (χ1v) is 9.12. The summed E-state index contributed by atoms with van der Waals surface area (Å²) in [5.74, 6) is -0.478. The Bertz CT molecular complexity index is 706. The van der Waals surface area contributed by atoms with Crippen LogP contribution >= 0.6 is 0 Å². The molecule has 3 rings (SSSR count). The maximum absolute atomic E-state index is 11.4. The van der Waals surface area contributed by atoms with E-state index in [9.17, 15) is 4.79 Å². The van der Waals surface area contributed by atoms with E-state index in [1.807, 2.05) is 12.1 Å². The van der Waals surface area contributed by atoms with Gasteiger partial charge in [0.1, 0.15) is 0 Å². The first-order valence-electron chi connectivity index (χ1n) is 9.12. The molecule has 0 aliphatic carbocycles. The van der Waals surface area contributed by atoms with E-state index in [2.05, 4.69) is 54.0 Å². The number of hydrogen-bond acceptors (Lipinski definition) is 4. The van der Waals surface area contributed by atoms with Crippen molar-refractivity contribution in [2.24, 2.45) is 0 Å². The minimum Gasteiger partial charge on any atom is -0.296 e. The average Bonchev–Trinajstić information content (AvgIpc) is 2.65. The van der Waals surface area contributed by atoms with Crippen LogP contribution in [0.4, 0.5) is 0 Å². The smallest absolute Gasteiger partial charge is 0.274 e. The summed E-state index contributed by atoms with van der Waals surface area (Å²) in [5.41, 5.74) is 4.66. The van der Waals surface area contributed by atoms with E-state index in [-0.39, 0.29) is 0 Å². The Balaban J connectivity index is 1.59. The first kappa shape index (κ1) is 18.6. The van der Waals surface area contributed by atoms with Crippen molar-refractivity contribution >= 4 is 5.91 Å². The highest BCUT2D eigenvalue weighted by Gasteiger charge is 2.29. The SMILES string of the molecule is CC1CN(Cc2ccc(C(=O)NO)cc2)CC(C)N1Cc1ccccc1. The van der Waals surface area contributed by atoms with Crippen LogP contribution in [-0.2, 0) is 13.1 Å². The van der Waals surface area contributed by atoms with Gasteiger partial charge in [-0.05, 0) is 37.1 Å². The lowest BCUT2D eigenvalue weighted by Crippen LogP contribution is -2.55. The van der Waals surface area contributed by atoms with E-state index < -0.39 is 5.91 Å². The van der Waals surface area contributed by atoms with Gasteiger partial charge in [0, 0.05) is 43.8 Å². The van der Waals surface area contributed by atoms with Gasteiger partial charge in [0.25, 0.3) is 5.91 Å². The predicted molar refractivity (Wildman–Crippen MR) is 102 cm³/mol. The summed E-state index contributed by atoms with van der Waals surface area (Å²) in [7, 11) is 0. The molecule has 0 radical (unpaired) electrons. The molecule has 2 unspecified atom stereocenters. The number of carbonyl (C=O) groups is 1. The van der Waals surface area contributed by atoms with E-state index >= 15 is 0 Å². The lowest BCUT2D eigenvalue weighted by molar-refractivity contribution is 0.0290. The molecule has 2 aromatic carbocycles. The van der Waals surface area contributed by atoms with Gasteiger partial charge in [-0.15, -0.1) is 0 Å². The molecule has 1 amide bonds. The van der Waals surface area contributed by atoms with Crippen molar-refractivity contribution in [1.82, 2.24) is 15.3 Å². The quantitative estimate of drug-likeness (QED) is 0.641. The number of benzene rings is 2. The molecule has 2 atom stereocenters. The van der Waals surface area contributed by atoms with Crippen molar-refractivity contribution in [3.8, 4) is 0 Å². The highest BCUT2D eigenvalue weighted by molar-refractivity contribution is 5.93. The summed E-state index contributed by atoms with van der Waals surface area (Å²) < 4.78 is 0. The minimum atomic E-state index is -0.478. The van der Waals surface area contributed by atoms with E-state index in [4.69, 9.17) is 5.21 Å². The van der Waals surface area contributed by atoms with Crippen LogP contribution in [0.15, 0.2) is 54.6 Å². The van der Waals surface area contributed by atoms with E-state index in [0.717, 1.165) is 26.2 Å². The molecule has 1 fully saturated rings. The number of nitrogens with zero attached hydrogens (tertiary/aromatic N) is 2. The minimum absolute atomic E-state index is 0.464. The zero-order chi connectivity index (χ0) is 18.5. The molecule has 1 heterocycles. The van der Waals surface area contributed by atoms with Crippen LogP contribution < -0.4 is 5.48 Å². The van der Waals surface area contributed by atoms with Crippen molar-refractivity contribution in [2.45, 2.75) is 39.0 Å². The number of carbonyl (C=O) groups excluding carboxylic acids is 1. The van der Waals surface area contributed by atoms with Crippen molar-refractivity contribution < 1.29 is 10.0 Å². The van der Waals surface area contributed by atoms with Gasteiger partial charge >= 0.3 is 0 Å². The lowest BCUT2D eigenvalue weighted by atomic mass is 10.0. The molecule has 26 heavy (non-hydrogen) atoms. The Morgan fingerprint density at radius 3 is 2.12 bits per heavy atom. The molecule has 2 aromatic rings. The van der Waals surface area contributed by atoms with Gasteiger partial charge in [0.05, 0.1) is 0 Å². The second kappa shape index (κ2) is 8.45. The van der Waals surface area contributed by atoms with Crippen molar-refractivity contribution in [3.63, 3.8) is 0 Å². The van der Waals surface area contributed by atoms with Crippen LogP contribution in [0.25, 0.3) is 0 Å². The molecule has 0 bridgehead atoms. The van der Waals surface area contributed by atoms with E-state index in [0.29, 0.717) is 17.6 Å². The zero-order valence-corrected chi connectivity index (χ0v) is 15.4. The van der Waals surface area contributed by atoms with Crippen LogP contribution in [0.2, 0.25) is 0 Å². The number of amides is 1. The number of piperazine rings is 1. The largest absolute Gasteiger partial charge is 0.296 e. The van der Waals surface area contributed by atoms with Gasteiger partial charge < -0.3 is 0 Å². The van der Waals surface area contributed by atoms with Crippen LogP contribution in [0.3, 0.4) is 0 Å². The molecule has 0 spiro atoms. The van der Waals surface area contributed by atoms with Crippen LogP contribution in [0.5, 0.6) is 0 Å². The van der Waals surface area contributed by atoms with Gasteiger partial charge in [0.2, 0.25) is 0 Å². The van der Waals surface area contributed by atoms with Gasteiger partial charge in [-0.3, -0.25) is 19.8 Å². The normalized spacial score (nSPS) is 21.5. The second-order valence-corrected chi connectivity index (χ2v) is 7.19. The van der Waals surface area contributed by atoms with Gasteiger partial charge in [0.15, 0.2) is 0 Å². The maximum Gasteiger partial charge on any atom is 0.274 e. The number of nitrogens with one attached hydrogen (secondary N) is 1. The molecule has 5 nitrogen and oxygen atoms in total. The van der Waals surface area contributed by atoms with Crippen LogP contribution in [0, 0.1) is 0 Å². The summed E-state index contributed by atoms with van der Waals surface area (Å²) in [5, 5.41) is 8.70. The Labute approximate surface area is 155 Å². The highest BCUT2D eigenvalue weighted by atomic mass is 16.5. The fourth-order valence-corrected chi connectivity index (χ4v) is 3.79.